The van der Waals surface area contributed by atoms with Gasteiger partial charge in [0.25, 0.3) is 0 Å². The van der Waals surface area contributed by atoms with Crippen molar-refractivity contribution in [2.45, 2.75) is 31.8 Å². The number of phenols is 1. The third kappa shape index (κ3) is 6.28. The average Bonchev–Trinajstić information content (AvgIpc) is 2.83. The summed E-state index contributed by atoms with van der Waals surface area (Å²) < 4.78 is 10.6. The molecule has 1 heterocycles. The summed E-state index contributed by atoms with van der Waals surface area (Å²) in [5.41, 5.74) is 2.01. The number of aromatic hydroxyl groups is 1. The highest BCUT2D eigenvalue weighted by molar-refractivity contribution is 5.79. The molecule has 7 heteroatoms. The Morgan fingerprint density at radius 3 is 2.32 bits per heavy atom. The molecule has 0 spiro atoms. The number of nitrogens with zero attached hydrogens (tertiary/aromatic N) is 2. The number of aliphatic imine (C=N–C) groups is 1. The Hall–Kier alpha value is -2.93. The number of piperidine rings is 1. The maximum absolute atomic E-state index is 10.1. The summed E-state index contributed by atoms with van der Waals surface area (Å²) in [5.74, 6) is 2.50. The summed E-state index contributed by atoms with van der Waals surface area (Å²) in [6.45, 7) is 3.37. The van der Waals surface area contributed by atoms with Crippen LogP contribution in [0.2, 0.25) is 0 Å². The molecule has 31 heavy (non-hydrogen) atoms. The van der Waals surface area contributed by atoms with Crippen LogP contribution < -0.4 is 20.1 Å². The van der Waals surface area contributed by atoms with E-state index in [-0.39, 0.29) is 11.8 Å². The number of rotatable bonds is 8. The van der Waals surface area contributed by atoms with Gasteiger partial charge in [-0.2, -0.15) is 0 Å². The Morgan fingerprint density at radius 2 is 1.68 bits per heavy atom. The molecule has 0 radical (unpaired) electrons. The summed E-state index contributed by atoms with van der Waals surface area (Å²) in [7, 11) is 5.06. The lowest BCUT2D eigenvalue weighted by Crippen LogP contribution is -2.44. The Labute approximate surface area is 185 Å². The number of methoxy groups -OCH3 is 2. The smallest absolute Gasteiger partial charge is 0.191 e. The standard InChI is InChI=1S/C24H34N4O3/c1-25-24(26-16-19-15-21(31-3)11-12-23(19)29)27-17-22(28-13-5-4-6-14-28)18-7-9-20(30-2)10-8-18/h7-12,15,22,29H,4-6,13-14,16-17H2,1-3H3,(H2,25,26,27). The van der Waals surface area contributed by atoms with Crippen LogP contribution in [-0.2, 0) is 6.54 Å². The molecule has 3 N–H and O–H groups in total. The van der Waals surface area contributed by atoms with E-state index in [1.165, 1.54) is 24.8 Å². The molecular formula is C24H34N4O3. The fourth-order valence-corrected chi connectivity index (χ4v) is 3.94. The predicted octanol–water partition coefficient (Wildman–Crippen LogP) is 3.30. The highest BCUT2D eigenvalue weighted by Crippen LogP contribution is 2.26. The van der Waals surface area contributed by atoms with Crippen LogP contribution in [0.25, 0.3) is 0 Å². The fraction of sp³-hybridized carbons (Fsp3) is 0.458. The van der Waals surface area contributed by atoms with Gasteiger partial charge in [-0.15, -0.1) is 0 Å². The lowest BCUT2D eigenvalue weighted by molar-refractivity contribution is 0.164. The molecule has 0 amide bonds. The molecule has 1 saturated heterocycles. The molecule has 2 aromatic carbocycles. The summed E-state index contributed by atoms with van der Waals surface area (Å²) >= 11 is 0. The van der Waals surface area contributed by atoms with Gasteiger partial charge in [-0.25, -0.2) is 0 Å². The molecule has 7 nitrogen and oxygen atoms in total. The van der Waals surface area contributed by atoms with Crippen LogP contribution in [-0.4, -0.2) is 56.9 Å². The zero-order chi connectivity index (χ0) is 22.1. The van der Waals surface area contributed by atoms with Crippen molar-refractivity contribution in [1.29, 1.82) is 0 Å². The lowest BCUT2D eigenvalue weighted by atomic mass is 10.0. The molecule has 0 aliphatic carbocycles. The summed E-state index contributed by atoms with van der Waals surface area (Å²) in [6, 6.07) is 13.8. The minimum absolute atomic E-state index is 0.230. The molecule has 1 aliphatic heterocycles. The first-order valence-electron chi connectivity index (χ1n) is 10.8. The van der Waals surface area contributed by atoms with E-state index >= 15 is 0 Å². The van der Waals surface area contributed by atoms with Crippen LogP contribution in [0.1, 0.15) is 36.4 Å². The molecule has 0 saturated carbocycles. The molecule has 1 aliphatic rings. The van der Waals surface area contributed by atoms with Crippen molar-refractivity contribution < 1.29 is 14.6 Å². The molecule has 1 fully saturated rings. The molecule has 168 valence electrons. The highest BCUT2D eigenvalue weighted by atomic mass is 16.5. The number of ether oxygens (including phenoxy) is 2. The molecule has 1 atom stereocenters. The van der Waals surface area contributed by atoms with Crippen molar-refractivity contribution in [2.24, 2.45) is 4.99 Å². The Kier molecular flexibility index (Phi) is 8.41. The topological polar surface area (TPSA) is 78.4 Å². The van der Waals surface area contributed by atoms with Crippen LogP contribution in [0.3, 0.4) is 0 Å². The number of benzene rings is 2. The number of hydrogen-bond donors (Lipinski definition) is 3. The van der Waals surface area contributed by atoms with Crippen molar-refractivity contribution in [3.05, 3.63) is 53.6 Å². The van der Waals surface area contributed by atoms with Crippen LogP contribution in [0.4, 0.5) is 0 Å². The number of hydrogen-bond acceptors (Lipinski definition) is 5. The quantitative estimate of drug-likeness (QED) is 0.444. The maximum atomic E-state index is 10.1. The van der Waals surface area contributed by atoms with E-state index in [2.05, 4.69) is 32.7 Å². The maximum Gasteiger partial charge on any atom is 0.191 e. The average molecular weight is 427 g/mol. The normalized spacial score (nSPS) is 15.9. The second-order valence-electron chi connectivity index (χ2n) is 7.69. The van der Waals surface area contributed by atoms with E-state index in [1.54, 1.807) is 33.4 Å². The minimum atomic E-state index is 0.230. The van der Waals surface area contributed by atoms with Gasteiger partial charge in [-0.05, 0) is 61.8 Å². The monoisotopic (exact) mass is 426 g/mol. The lowest BCUT2D eigenvalue weighted by Gasteiger charge is -2.35. The largest absolute Gasteiger partial charge is 0.508 e. The Bertz CT molecular complexity index is 848. The van der Waals surface area contributed by atoms with Gasteiger partial charge in [0.05, 0.1) is 20.3 Å². The molecule has 0 bridgehead atoms. The first kappa shape index (κ1) is 22.7. The summed E-state index contributed by atoms with van der Waals surface area (Å²) in [5, 5.41) is 16.9. The highest BCUT2D eigenvalue weighted by Gasteiger charge is 2.22. The van der Waals surface area contributed by atoms with Crippen LogP contribution in [0.15, 0.2) is 47.5 Å². The van der Waals surface area contributed by atoms with Gasteiger partial charge in [-0.1, -0.05) is 18.6 Å². The van der Waals surface area contributed by atoms with Crippen molar-refractivity contribution in [2.75, 3.05) is 40.9 Å². The molecule has 0 aromatic heterocycles. The second kappa shape index (κ2) is 11.5. The minimum Gasteiger partial charge on any atom is -0.508 e. The van der Waals surface area contributed by atoms with Gasteiger partial charge in [-0.3, -0.25) is 9.89 Å². The molecule has 3 rings (SSSR count). The number of guanidine groups is 1. The SMILES string of the molecule is CN=C(NCc1cc(OC)ccc1O)NCC(c1ccc(OC)cc1)N1CCCCC1. The van der Waals surface area contributed by atoms with Crippen molar-refractivity contribution >= 4 is 5.96 Å². The van der Waals surface area contributed by atoms with Gasteiger partial charge in [0.15, 0.2) is 5.96 Å². The zero-order valence-corrected chi connectivity index (χ0v) is 18.7. The van der Waals surface area contributed by atoms with E-state index in [0.29, 0.717) is 18.3 Å². The van der Waals surface area contributed by atoms with Gasteiger partial charge in [0.1, 0.15) is 17.2 Å². The first-order valence-corrected chi connectivity index (χ1v) is 10.8. The van der Waals surface area contributed by atoms with E-state index < -0.39 is 0 Å². The van der Waals surface area contributed by atoms with Gasteiger partial charge in [0, 0.05) is 25.7 Å². The Morgan fingerprint density at radius 1 is 1.00 bits per heavy atom. The summed E-state index contributed by atoms with van der Waals surface area (Å²) in [4.78, 5) is 6.90. The van der Waals surface area contributed by atoms with E-state index in [0.717, 1.165) is 30.9 Å². The van der Waals surface area contributed by atoms with E-state index in [4.69, 9.17) is 9.47 Å². The summed E-state index contributed by atoms with van der Waals surface area (Å²) in [6.07, 6.45) is 3.76. The number of nitrogens with one attached hydrogen (secondary N) is 2. The third-order valence-corrected chi connectivity index (χ3v) is 5.75. The molecular weight excluding hydrogens is 392 g/mol. The van der Waals surface area contributed by atoms with Crippen LogP contribution >= 0.6 is 0 Å². The van der Waals surface area contributed by atoms with Gasteiger partial charge >= 0.3 is 0 Å². The van der Waals surface area contributed by atoms with Gasteiger partial charge in [0.2, 0.25) is 0 Å². The zero-order valence-electron chi connectivity index (χ0n) is 18.7. The molecule has 2 aromatic rings. The Balaban J connectivity index is 1.65. The van der Waals surface area contributed by atoms with Crippen molar-refractivity contribution in [3.8, 4) is 17.2 Å². The third-order valence-electron chi connectivity index (χ3n) is 5.75. The molecule has 1 unspecified atom stereocenters. The fourth-order valence-electron chi connectivity index (χ4n) is 3.94. The van der Waals surface area contributed by atoms with Crippen LogP contribution in [0.5, 0.6) is 17.2 Å². The number of likely N-dealkylation sites (tertiary alicyclic amines) is 1. The predicted molar refractivity (Wildman–Crippen MR) is 124 cm³/mol. The second-order valence-corrected chi connectivity index (χ2v) is 7.69. The van der Waals surface area contributed by atoms with Gasteiger partial charge < -0.3 is 25.2 Å². The first-order chi connectivity index (χ1) is 15.1. The number of phenolic OH excluding ortho intramolecular Hbond substituents is 1. The van der Waals surface area contributed by atoms with E-state index in [9.17, 15) is 5.11 Å². The van der Waals surface area contributed by atoms with E-state index in [1.807, 2.05) is 18.2 Å². The van der Waals surface area contributed by atoms with Crippen LogP contribution in [0, 0.1) is 0 Å². The van der Waals surface area contributed by atoms with Crippen molar-refractivity contribution in [1.82, 2.24) is 15.5 Å². The van der Waals surface area contributed by atoms with Crippen molar-refractivity contribution in [3.63, 3.8) is 0 Å².